The second kappa shape index (κ2) is 6.84. The van der Waals surface area contributed by atoms with Gasteiger partial charge in [-0.3, -0.25) is 0 Å². The Labute approximate surface area is 122 Å². The van der Waals surface area contributed by atoms with Gasteiger partial charge in [0.15, 0.2) is 0 Å². The fourth-order valence-corrected chi connectivity index (χ4v) is 2.93. The minimum absolute atomic E-state index is 0.139. The summed E-state index contributed by atoms with van der Waals surface area (Å²) in [6, 6.07) is 7.16. The standard InChI is InChI=1S/C14H17NO5S/c1-2-19-9-3-8-15-21(17,18)12-5-6-13-11(10-12)4-7-14(16)20-13/h4-7,10,15H,2-3,8-9H2,1H3. The molecule has 0 fully saturated rings. The van der Waals surface area contributed by atoms with Crippen molar-refractivity contribution < 1.29 is 17.6 Å². The summed E-state index contributed by atoms with van der Waals surface area (Å²) in [7, 11) is -3.57. The van der Waals surface area contributed by atoms with Crippen LogP contribution in [0.3, 0.4) is 0 Å². The molecular weight excluding hydrogens is 294 g/mol. The predicted molar refractivity (Wildman–Crippen MR) is 78.8 cm³/mol. The van der Waals surface area contributed by atoms with E-state index in [1.807, 2.05) is 6.92 Å². The summed E-state index contributed by atoms with van der Waals surface area (Å²) in [4.78, 5) is 11.2. The Kier molecular flexibility index (Phi) is 5.11. The third kappa shape index (κ3) is 4.13. The summed E-state index contributed by atoms with van der Waals surface area (Å²) >= 11 is 0. The Bertz CT molecular complexity index is 766. The fourth-order valence-electron chi connectivity index (χ4n) is 1.83. The Hall–Kier alpha value is -1.70. The topological polar surface area (TPSA) is 85.6 Å². The third-order valence-corrected chi connectivity index (χ3v) is 4.32. The molecule has 0 amide bonds. The van der Waals surface area contributed by atoms with Gasteiger partial charge in [0.05, 0.1) is 4.90 Å². The highest BCUT2D eigenvalue weighted by atomic mass is 32.2. The van der Waals surface area contributed by atoms with Gasteiger partial charge in [0.25, 0.3) is 0 Å². The van der Waals surface area contributed by atoms with Crippen LogP contribution in [0.25, 0.3) is 11.0 Å². The average molecular weight is 311 g/mol. The summed E-state index contributed by atoms with van der Waals surface area (Å²) in [6.07, 6.45) is 0.607. The van der Waals surface area contributed by atoms with E-state index in [0.29, 0.717) is 37.1 Å². The molecular formula is C14H17NO5S. The molecule has 0 aliphatic rings. The van der Waals surface area contributed by atoms with E-state index in [-0.39, 0.29) is 4.90 Å². The van der Waals surface area contributed by atoms with Crippen LogP contribution >= 0.6 is 0 Å². The van der Waals surface area contributed by atoms with Gasteiger partial charge >= 0.3 is 5.63 Å². The number of fused-ring (bicyclic) bond motifs is 1. The number of nitrogens with one attached hydrogen (secondary N) is 1. The van der Waals surface area contributed by atoms with E-state index >= 15 is 0 Å². The molecule has 7 heteroatoms. The molecule has 0 aliphatic carbocycles. The van der Waals surface area contributed by atoms with Gasteiger partial charge in [-0.05, 0) is 37.6 Å². The third-order valence-electron chi connectivity index (χ3n) is 2.86. The number of sulfonamides is 1. The lowest BCUT2D eigenvalue weighted by Gasteiger charge is -2.07. The van der Waals surface area contributed by atoms with Gasteiger partial charge in [0, 0.05) is 31.2 Å². The van der Waals surface area contributed by atoms with Crippen LogP contribution in [-0.2, 0) is 14.8 Å². The fraction of sp³-hybridized carbons (Fsp3) is 0.357. The van der Waals surface area contributed by atoms with Crippen molar-refractivity contribution in [2.45, 2.75) is 18.2 Å². The second-order valence-corrected chi connectivity index (χ2v) is 6.17. The molecule has 2 rings (SSSR count). The molecule has 0 saturated heterocycles. The van der Waals surface area contributed by atoms with Crippen molar-refractivity contribution in [2.75, 3.05) is 19.8 Å². The van der Waals surface area contributed by atoms with Crippen LogP contribution in [0.4, 0.5) is 0 Å². The summed E-state index contributed by atoms with van der Waals surface area (Å²) in [5, 5.41) is 0.562. The van der Waals surface area contributed by atoms with E-state index in [0.717, 1.165) is 0 Å². The first-order valence-corrected chi connectivity index (χ1v) is 8.12. The minimum Gasteiger partial charge on any atom is -0.423 e. The maximum atomic E-state index is 12.1. The largest absolute Gasteiger partial charge is 0.423 e. The van der Waals surface area contributed by atoms with Crippen LogP contribution in [0.5, 0.6) is 0 Å². The number of hydrogen-bond acceptors (Lipinski definition) is 5. The number of hydrogen-bond donors (Lipinski definition) is 1. The molecule has 1 heterocycles. The zero-order valence-corrected chi connectivity index (χ0v) is 12.5. The molecule has 0 atom stereocenters. The highest BCUT2D eigenvalue weighted by Crippen LogP contribution is 2.17. The first-order chi connectivity index (χ1) is 10.0. The summed E-state index contributed by atoms with van der Waals surface area (Å²) in [5.74, 6) is 0. The van der Waals surface area contributed by atoms with Crippen LogP contribution in [-0.4, -0.2) is 28.2 Å². The first kappa shape index (κ1) is 15.7. The molecule has 1 aromatic carbocycles. The Morgan fingerprint density at radius 2 is 2.05 bits per heavy atom. The van der Waals surface area contributed by atoms with Crippen LogP contribution in [0.2, 0.25) is 0 Å². The second-order valence-electron chi connectivity index (χ2n) is 4.40. The molecule has 0 bridgehead atoms. The minimum atomic E-state index is -3.57. The van der Waals surface area contributed by atoms with Crippen molar-refractivity contribution in [3.05, 3.63) is 40.8 Å². The van der Waals surface area contributed by atoms with E-state index in [4.69, 9.17) is 9.15 Å². The number of ether oxygens (including phenoxy) is 1. The molecule has 1 N–H and O–H groups in total. The van der Waals surface area contributed by atoms with Gasteiger partial charge in [-0.1, -0.05) is 0 Å². The van der Waals surface area contributed by atoms with Gasteiger partial charge in [0.1, 0.15) is 5.58 Å². The van der Waals surface area contributed by atoms with Gasteiger partial charge < -0.3 is 9.15 Å². The molecule has 0 aliphatic heterocycles. The lowest BCUT2D eigenvalue weighted by molar-refractivity contribution is 0.146. The van der Waals surface area contributed by atoms with Crippen LogP contribution in [0.1, 0.15) is 13.3 Å². The van der Waals surface area contributed by atoms with Gasteiger partial charge in [-0.25, -0.2) is 17.9 Å². The summed E-state index contributed by atoms with van der Waals surface area (Å²) in [5.41, 5.74) is -0.107. The van der Waals surface area contributed by atoms with Crippen molar-refractivity contribution in [2.24, 2.45) is 0 Å². The maximum Gasteiger partial charge on any atom is 0.336 e. The molecule has 21 heavy (non-hydrogen) atoms. The Morgan fingerprint density at radius 1 is 1.24 bits per heavy atom. The zero-order valence-electron chi connectivity index (χ0n) is 11.7. The van der Waals surface area contributed by atoms with E-state index in [1.54, 1.807) is 0 Å². The molecule has 0 unspecified atom stereocenters. The van der Waals surface area contributed by atoms with E-state index in [1.165, 1.54) is 30.3 Å². The summed E-state index contributed by atoms with van der Waals surface area (Å²) < 4.78 is 36.9. The summed E-state index contributed by atoms with van der Waals surface area (Å²) in [6.45, 7) is 3.33. The smallest absolute Gasteiger partial charge is 0.336 e. The zero-order chi connectivity index (χ0) is 15.3. The molecule has 2 aromatic rings. The van der Waals surface area contributed by atoms with Crippen LogP contribution < -0.4 is 10.3 Å². The van der Waals surface area contributed by atoms with Gasteiger partial charge in [-0.15, -0.1) is 0 Å². The molecule has 0 saturated carbocycles. The van der Waals surface area contributed by atoms with Crippen LogP contribution in [0, 0.1) is 0 Å². The van der Waals surface area contributed by atoms with Crippen molar-refractivity contribution in [1.82, 2.24) is 4.72 Å². The highest BCUT2D eigenvalue weighted by molar-refractivity contribution is 7.89. The van der Waals surface area contributed by atoms with Crippen molar-refractivity contribution in [3.63, 3.8) is 0 Å². The quantitative estimate of drug-likeness (QED) is 0.618. The number of benzene rings is 1. The molecule has 114 valence electrons. The molecule has 0 radical (unpaired) electrons. The van der Waals surface area contributed by atoms with Crippen molar-refractivity contribution in [3.8, 4) is 0 Å². The van der Waals surface area contributed by atoms with E-state index in [9.17, 15) is 13.2 Å². The monoisotopic (exact) mass is 311 g/mol. The number of rotatable bonds is 7. The molecule has 6 nitrogen and oxygen atoms in total. The predicted octanol–water partition coefficient (Wildman–Crippen LogP) is 1.50. The normalized spacial score (nSPS) is 11.9. The average Bonchev–Trinajstić information content (AvgIpc) is 2.46. The maximum absolute atomic E-state index is 12.1. The Balaban J connectivity index is 2.12. The molecule has 0 spiro atoms. The van der Waals surface area contributed by atoms with Crippen LogP contribution in [0.15, 0.2) is 44.4 Å². The van der Waals surface area contributed by atoms with E-state index in [2.05, 4.69) is 4.72 Å². The van der Waals surface area contributed by atoms with Gasteiger partial charge in [-0.2, -0.15) is 0 Å². The van der Waals surface area contributed by atoms with Crippen molar-refractivity contribution in [1.29, 1.82) is 0 Å². The molecule has 1 aromatic heterocycles. The van der Waals surface area contributed by atoms with Crippen molar-refractivity contribution >= 4 is 21.0 Å². The Morgan fingerprint density at radius 3 is 2.81 bits per heavy atom. The lowest BCUT2D eigenvalue weighted by atomic mass is 10.2. The highest BCUT2D eigenvalue weighted by Gasteiger charge is 2.14. The first-order valence-electron chi connectivity index (χ1n) is 6.64. The SMILES string of the molecule is CCOCCCNS(=O)(=O)c1ccc2oc(=O)ccc2c1. The van der Waals surface area contributed by atoms with E-state index < -0.39 is 15.6 Å². The van der Waals surface area contributed by atoms with Gasteiger partial charge in [0.2, 0.25) is 10.0 Å². The lowest BCUT2D eigenvalue weighted by Crippen LogP contribution is -2.25.